The van der Waals surface area contributed by atoms with E-state index in [2.05, 4.69) is 32.9 Å². The van der Waals surface area contributed by atoms with Crippen molar-refractivity contribution < 1.29 is 28.6 Å². The number of ether oxygens (including phenoxy) is 3. The van der Waals surface area contributed by atoms with E-state index < -0.39 is 6.10 Å². The van der Waals surface area contributed by atoms with Gasteiger partial charge in [-0.1, -0.05) is 264 Å². The first-order valence-electron chi connectivity index (χ1n) is 28.2. The lowest BCUT2D eigenvalue weighted by molar-refractivity contribution is -0.167. The van der Waals surface area contributed by atoms with Gasteiger partial charge < -0.3 is 14.2 Å². The van der Waals surface area contributed by atoms with Crippen molar-refractivity contribution in [3.05, 3.63) is 12.2 Å². The van der Waals surface area contributed by atoms with Gasteiger partial charge in [0.1, 0.15) is 13.2 Å². The average Bonchev–Trinajstić information content (AvgIpc) is 3.28. The third kappa shape index (κ3) is 51.0. The molecule has 0 amide bonds. The molecule has 0 aromatic carbocycles. The Bertz CT molecular complexity index is 978. The fourth-order valence-electron chi connectivity index (χ4n) is 8.50. The Morgan fingerprint density at radius 2 is 0.524 bits per heavy atom. The molecule has 6 heteroatoms. The number of carbonyl (C=O) groups is 3. The van der Waals surface area contributed by atoms with Crippen LogP contribution in [0.3, 0.4) is 0 Å². The maximum absolute atomic E-state index is 12.8. The molecule has 372 valence electrons. The molecule has 0 bridgehead atoms. The van der Waals surface area contributed by atoms with E-state index in [1.807, 2.05) is 0 Å². The number of carbonyl (C=O) groups excluding carboxylic acids is 3. The predicted octanol–water partition coefficient (Wildman–Crippen LogP) is 18.5. The highest BCUT2D eigenvalue weighted by Crippen LogP contribution is 2.17. The Morgan fingerprint density at radius 3 is 0.794 bits per heavy atom. The molecule has 0 fully saturated rings. The molecule has 1 unspecified atom stereocenters. The molecule has 0 N–H and O–H groups in total. The van der Waals surface area contributed by atoms with Gasteiger partial charge >= 0.3 is 17.9 Å². The number of unbranched alkanes of at least 4 members (excludes halogenated alkanes) is 39. The number of allylic oxidation sites excluding steroid dienone is 2. The predicted molar refractivity (Wildman–Crippen MR) is 270 cm³/mol. The molecule has 63 heavy (non-hydrogen) atoms. The van der Waals surface area contributed by atoms with Gasteiger partial charge in [0.05, 0.1) is 0 Å². The Morgan fingerprint density at radius 1 is 0.302 bits per heavy atom. The molecule has 0 aliphatic rings. The normalized spacial score (nSPS) is 12.0. The molecule has 6 nitrogen and oxygen atoms in total. The van der Waals surface area contributed by atoms with Crippen LogP contribution >= 0.6 is 0 Å². The minimum atomic E-state index is -0.767. The molecule has 0 saturated carbocycles. The monoisotopic (exact) mass is 889 g/mol. The van der Waals surface area contributed by atoms with E-state index in [1.165, 1.54) is 212 Å². The smallest absolute Gasteiger partial charge is 0.306 e. The van der Waals surface area contributed by atoms with Crippen LogP contribution in [-0.4, -0.2) is 37.2 Å². The summed E-state index contributed by atoms with van der Waals surface area (Å²) in [4.78, 5) is 38.0. The van der Waals surface area contributed by atoms with Gasteiger partial charge in [-0.25, -0.2) is 0 Å². The zero-order valence-corrected chi connectivity index (χ0v) is 42.6. The molecule has 0 aromatic heterocycles. The third-order valence-corrected chi connectivity index (χ3v) is 12.8. The second-order valence-corrected chi connectivity index (χ2v) is 19.2. The van der Waals surface area contributed by atoms with Gasteiger partial charge in [0.25, 0.3) is 0 Å². The quantitative estimate of drug-likeness (QED) is 0.0262. The summed E-state index contributed by atoms with van der Waals surface area (Å²) in [6.45, 7) is 6.68. The van der Waals surface area contributed by atoms with Crippen LogP contribution in [0.25, 0.3) is 0 Å². The molecule has 0 radical (unpaired) electrons. The fourth-order valence-corrected chi connectivity index (χ4v) is 8.50. The van der Waals surface area contributed by atoms with E-state index in [-0.39, 0.29) is 31.1 Å². The second kappa shape index (κ2) is 52.8. The lowest BCUT2D eigenvalue weighted by Gasteiger charge is -2.18. The van der Waals surface area contributed by atoms with Gasteiger partial charge in [-0.15, -0.1) is 0 Å². The third-order valence-electron chi connectivity index (χ3n) is 12.8. The minimum absolute atomic E-state index is 0.0670. The van der Waals surface area contributed by atoms with Gasteiger partial charge in [-0.2, -0.15) is 0 Å². The Labute approximate surface area is 392 Å². The molecule has 0 saturated heterocycles. The largest absolute Gasteiger partial charge is 0.462 e. The summed E-state index contributed by atoms with van der Waals surface area (Å²) >= 11 is 0. The maximum Gasteiger partial charge on any atom is 0.306 e. The number of esters is 3. The van der Waals surface area contributed by atoms with E-state index in [1.54, 1.807) is 0 Å². The topological polar surface area (TPSA) is 78.9 Å². The molecular weight excluding hydrogens is 781 g/mol. The minimum Gasteiger partial charge on any atom is -0.462 e. The van der Waals surface area contributed by atoms with Crippen molar-refractivity contribution in [3.8, 4) is 0 Å². The Balaban J connectivity index is 4.29. The molecular formula is C57H108O6. The van der Waals surface area contributed by atoms with E-state index in [4.69, 9.17) is 14.2 Å². The Hall–Kier alpha value is -1.85. The van der Waals surface area contributed by atoms with Crippen LogP contribution in [0.2, 0.25) is 0 Å². The summed E-state index contributed by atoms with van der Waals surface area (Å²) in [6, 6.07) is 0. The van der Waals surface area contributed by atoms with E-state index >= 15 is 0 Å². The van der Waals surface area contributed by atoms with Gasteiger partial charge in [0.2, 0.25) is 0 Å². The van der Waals surface area contributed by atoms with Crippen molar-refractivity contribution in [1.82, 2.24) is 0 Å². The van der Waals surface area contributed by atoms with Crippen molar-refractivity contribution in [2.24, 2.45) is 0 Å². The first-order chi connectivity index (χ1) is 31.0. The molecule has 0 heterocycles. The van der Waals surface area contributed by atoms with Gasteiger partial charge in [-0.3, -0.25) is 14.4 Å². The maximum atomic E-state index is 12.8. The molecule has 0 rings (SSSR count). The summed E-state index contributed by atoms with van der Waals surface area (Å²) in [6.07, 6.45) is 59.1. The Kier molecular flexibility index (Phi) is 51.2. The molecule has 0 aromatic rings. The van der Waals surface area contributed by atoms with Crippen molar-refractivity contribution in [2.45, 2.75) is 322 Å². The van der Waals surface area contributed by atoms with Gasteiger partial charge in [0, 0.05) is 19.3 Å². The zero-order chi connectivity index (χ0) is 45.8. The van der Waals surface area contributed by atoms with Crippen molar-refractivity contribution in [2.75, 3.05) is 13.2 Å². The lowest BCUT2D eigenvalue weighted by Crippen LogP contribution is -2.30. The van der Waals surface area contributed by atoms with Crippen LogP contribution in [0.1, 0.15) is 316 Å². The first-order valence-corrected chi connectivity index (χ1v) is 28.2. The number of rotatable bonds is 52. The SMILES string of the molecule is CCCCCCCCCCC/C=C\CCCCCCCC(=O)OCC(COC(=O)CCCCCCCCCCCCC)OC(=O)CCCCCCCCCCCCCCCCCC. The van der Waals surface area contributed by atoms with Crippen molar-refractivity contribution >= 4 is 17.9 Å². The van der Waals surface area contributed by atoms with Crippen LogP contribution < -0.4 is 0 Å². The summed E-state index contributed by atoms with van der Waals surface area (Å²) in [7, 11) is 0. The van der Waals surface area contributed by atoms with E-state index in [0.717, 1.165) is 64.2 Å². The summed E-state index contributed by atoms with van der Waals surface area (Å²) < 4.78 is 16.8. The summed E-state index contributed by atoms with van der Waals surface area (Å²) in [5.74, 6) is -0.855. The van der Waals surface area contributed by atoms with Crippen LogP contribution in [0.4, 0.5) is 0 Å². The number of hydrogen-bond acceptors (Lipinski definition) is 6. The highest BCUT2D eigenvalue weighted by molar-refractivity contribution is 5.71. The summed E-state index contributed by atoms with van der Waals surface area (Å²) in [5.41, 5.74) is 0. The van der Waals surface area contributed by atoms with Crippen LogP contribution in [-0.2, 0) is 28.6 Å². The lowest BCUT2D eigenvalue weighted by atomic mass is 10.0. The second-order valence-electron chi connectivity index (χ2n) is 19.2. The van der Waals surface area contributed by atoms with Crippen molar-refractivity contribution in [1.29, 1.82) is 0 Å². The van der Waals surface area contributed by atoms with E-state index in [0.29, 0.717) is 19.3 Å². The average molecular weight is 889 g/mol. The zero-order valence-electron chi connectivity index (χ0n) is 42.6. The van der Waals surface area contributed by atoms with Crippen molar-refractivity contribution in [3.63, 3.8) is 0 Å². The highest BCUT2D eigenvalue weighted by atomic mass is 16.6. The van der Waals surface area contributed by atoms with Crippen LogP contribution in [0.15, 0.2) is 12.2 Å². The van der Waals surface area contributed by atoms with Crippen LogP contribution in [0.5, 0.6) is 0 Å². The highest BCUT2D eigenvalue weighted by Gasteiger charge is 2.19. The van der Waals surface area contributed by atoms with Crippen LogP contribution in [0, 0.1) is 0 Å². The molecule has 1 atom stereocenters. The van der Waals surface area contributed by atoms with E-state index in [9.17, 15) is 14.4 Å². The molecule has 0 aliphatic carbocycles. The standard InChI is InChI=1S/C57H108O6/c1-4-7-10-13-16-19-22-24-26-28-29-31-32-35-38-41-44-47-50-56(59)62-53-54(52-61-55(58)49-46-43-40-37-34-21-18-15-12-9-6-3)63-57(60)51-48-45-42-39-36-33-30-27-25-23-20-17-14-11-8-5-2/h29,31,54H,4-28,30,32-53H2,1-3H3/b31-29-. The first kappa shape index (κ1) is 61.1. The number of hydrogen-bond donors (Lipinski definition) is 0. The molecule has 0 spiro atoms. The van der Waals surface area contributed by atoms with Gasteiger partial charge in [0.15, 0.2) is 6.10 Å². The molecule has 0 aliphatic heterocycles. The fraction of sp³-hybridized carbons (Fsp3) is 0.912. The van der Waals surface area contributed by atoms with Gasteiger partial charge in [-0.05, 0) is 44.9 Å². The summed E-state index contributed by atoms with van der Waals surface area (Å²) in [5, 5.41) is 0.